The number of morpholine rings is 1. The second-order valence-corrected chi connectivity index (χ2v) is 12.6. The van der Waals surface area contributed by atoms with Crippen LogP contribution in [0.15, 0.2) is 41.5 Å². The van der Waals surface area contributed by atoms with Crippen molar-refractivity contribution in [2.45, 2.75) is 51.9 Å². The van der Waals surface area contributed by atoms with E-state index in [0.29, 0.717) is 37.3 Å². The highest BCUT2D eigenvalue weighted by molar-refractivity contribution is 6.07. The molecule has 11 heteroatoms. The highest BCUT2D eigenvalue weighted by Gasteiger charge is 2.29. The van der Waals surface area contributed by atoms with Crippen LogP contribution in [0.1, 0.15) is 47.4 Å². The molecule has 0 bridgehead atoms. The number of fused-ring (bicyclic) bond motifs is 3. The maximum Gasteiger partial charge on any atom is 0.259 e. The van der Waals surface area contributed by atoms with Crippen LogP contribution in [0.5, 0.6) is 0 Å². The van der Waals surface area contributed by atoms with E-state index < -0.39 is 0 Å². The van der Waals surface area contributed by atoms with Crippen molar-refractivity contribution in [2.24, 2.45) is 0 Å². The minimum Gasteiger partial charge on any atom is -0.381 e. The number of rotatable bonds is 7. The van der Waals surface area contributed by atoms with Gasteiger partial charge in [0.2, 0.25) is 0 Å². The number of amides is 1. The summed E-state index contributed by atoms with van der Waals surface area (Å²) in [6, 6.07) is 8.67. The average molecular weight is 602 g/mol. The van der Waals surface area contributed by atoms with Crippen molar-refractivity contribution in [3.8, 4) is 0 Å². The summed E-state index contributed by atoms with van der Waals surface area (Å²) in [6.45, 7) is 14.2. The van der Waals surface area contributed by atoms with E-state index in [1.54, 1.807) is 6.20 Å². The quantitative estimate of drug-likeness (QED) is 0.348. The van der Waals surface area contributed by atoms with Crippen molar-refractivity contribution in [2.75, 3.05) is 65.7 Å². The lowest BCUT2D eigenvalue weighted by molar-refractivity contribution is 0.0359. The minimum atomic E-state index is -0.151. The SMILES string of the molecule is Cc1cc2[nH]c(=O)c3cnn(C4CCOCC4)c3c2cc1C(=O)N1CCN(Cc2cccn2CCN2CCOCC2)[C@@H](C)C1. The molecule has 3 fully saturated rings. The van der Waals surface area contributed by atoms with Gasteiger partial charge in [-0.3, -0.25) is 24.1 Å². The lowest BCUT2D eigenvalue weighted by Crippen LogP contribution is -2.53. The molecule has 6 heterocycles. The zero-order valence-electron chi connectivity index (χ0n) is 25.8. The predicted molar refractivity (Wildman–Crippen MR) is 169 cm³/mol. The van der Waals surface area contributed by atoms with Gasteiger partial charge in [0.25, 0.3) is 11.5 Å². The highest BCUT2D eigenvalue weighted by atomic mass is 16.5. The number of aromatic amines is 1. The predicted octanol–water partition coefficient (Wildman–Crippen LogP) is 3.02. The number of piperazine rings is 1. The van der Waals surface area contributed by atoms with Crippen LogP contribution >= 0.6 is 0 Å². The summed E-state index contributed by atoms with van der Waals surface area (Å²) < 4.78 is 15.4. The Hall–Kier alpha value is -3.51. The Labute approximate surface area is 257 Å². The summed E-state index contributed by atoms with van der Waals surface area (Å²) in [7, 11) is 0. The Kier molecular flexibility index (Phi) is 8.28. The maximum absolute atomic E-state index is 14.0. The summed E-state index contributed by atoms with van der Waals surface area (Å²) in [6.07, 6.45) is 5.54. The van der Waals surface area contributed by atoms with Gasteiger partial charge in [-0.25, -0.2) is 0 Å². The molecule has 4 aromatic rings. The lowest BCUT2D eigenvalue weighted by atomic mass is 10.0. The zero-order chi connectivity index (χ0) is 30.2. The monoisotopic (exact) mass is 601 g/mol. The molecule has 1 aromatic carbocycles. The molecule has 0 radical (unpaired) electrons. The first-order chi connectivity index (χ1) is 21.5. The van der Waals surface area contributed by atoms with E-state index in [-0.39, 0.29) is 23.6 Å². The van der Waals surface area contributed by atoms with E-state index in [9.17, 15) is 9.59 Å². The van der Waals surface area contributed by atoms with Crippen LogP contribution in [0.4, 0.5) is 0 Å². The second-order valence-electron chi connectivity index (χ2n) is 12.6. The van der Waals surface area contributed by atoms with Crippen molar-refractivity contribution < 1.29 is 14.3 Å². The Morgan fingerprint density at radius 2 is 1.82 bits per heavy atom. The summed E-state index contributed by atoms with van der Waals surface area (Å²) in [4.78, 5) is 37.0. The van der Waals surface area contributed by atoms with Gasteiger partial charge in [-0.2, -0.15) is 5.10 Å². The van der Waals surface area contributed by atoms with Crippen LogP contribution in [0.3, 0.4) is 0 Å². The average Bonchev–Trinajstić information content (AvgIpc) is 3.69. The van der Waals surface area contributed by atoms with E-state index in [1.165, 1.54) is 5.69 Å². The molecule has 44 heavy (non-hydrogen) atoms. The van der Waals surface area contributed by atoms with Gasteiger partial charge >= 0.3 is 0 Å². The van der Waals surface area contributed by atoms with Crippen LogP contribution in [0.2, 0.25) is 0 Å². The van der Waals surface area contributed by atoms with Gasteiger partial charge in [0.1, 0.15) is 0 Å². The zero-order valence-corrected chi connectivity index (χ0v) is 25.8. The Balaban J connectivity index is 1.08. The molecule has 1 N–H and O–H groups in total. The van der Waals surface area contributed by atoms with E-state index in [0.717, 1.165) is 87.3 Å². The standard InChI is InChI=1S/C33H43N7O4/c1-23-18-30-28(31-29(32(41)35-30)20-34-40(31)25-5-14-43-15-6-25)19-27(23)33(42)39-11-10-38(24(2)21-39)22-26-4-3-7-37(26)9-8-36-12-16-44-17-13-36/h3-4,7,18-20,24-25H,5-6,8-17,21-22H2,1-2H3,(H,35,41)/t24-/m0/s1. The number of benzene rings is 1. The van der Waals surface area contributed by atoms with E-state index in [2.05, 4.69) is 49.7 Å². The van der Waals surface area contributed by atoms with Crippen molar-refractivity contribution in [1.29, 1.82) is 0 Å². The number of H-pyrrole nitrogens is 1. The molecule has 0 spiro atoms. The highest BCUT2D eigenvalue weighted by Crippen LogP contribution is 2.30. The fraction of sp³-hybridized carbons (Fsp3) is 0.545. The van der Waals surface area contributed by atoms with Gasteiger partial charge in [-0.1, -0.05) is 0 Å². The molecule has 0 unspecified atom stereocenters. The normalized spacial score (nSPS) is 21.0. The van der Waals surface area contributed by atoms with Gasteiger partial charge in [0, 0.05) is 94.5 Å². The summed E-state index contributed by atoms with van der Waals surface area (Å²) in [5, 5.41) is 6.06. The topological polar surface area (TPSA) is 101 Å². The number of nitrogens with zero attached hydrogens (tertiary/aromatic N) is 6. The second kappa shape index (κ2) is 12.5. The first kappa shape index (κ1) is 29.2. The van der Waals surface area contributed by atoms with Gasteiger partial charge in [0.15, 0.2) is 0 Å². The molecule has 1 atom stereocenters. The number of aryl methyl sites for hydroxylation is 1. The minimum absolute atomic E-state index is 0.0428. The van der Waals surface area contributed by atoms with Crippen molar-refractivity contribution in [3.05, 3.63) is 63.8 Å². The molecular weight excluding hydrogens is 558 g/mol. The Morgan fingerprint density at radius 1 is 1.02 bits per heavy atom. The molecular formula is C33H43N7O4. The number of aromatic nitrogens is 4. The summed E-state index contributed by atoms with van der Waals surface area (Å²) in [5.41, 5.74) is 4.25. The van der Waals surface area contributed by atoms with Gasteiger partial charge < -0.3 is 23.9 Å². The number of carbonyl (C=O) groups is 1. The fourth-order valence-electron chi connectivity index (χ4n) is 7.11. The molecule has 3 saturated heterocycles. The maximum atomic E-state index is 14.0. The largest absolute Gasteiger partial charge is 0.381 e. The smallest absolute Gasteiger partial charge is 0.259 e. The van der Waals surface area contributed by atoms with Crippen LogP contribution in [-0.4, -0.2) is 112 Å². The molecule has 3 aliphatic rings. The third-order valence-electron chi connectivity index (χ3n) is 9.78. The molecule has 3 aromatic heterocycles. The lowest BCUT2D eigenvalue weighted by Gasteiger charge is -2.40. The van der Waals surface area contributed by atoms with Crippen LogP contribution in [0, 0.1) is 6.92 Å². The first-order valence-electron chi connectivity index (χ1n) is 16.1. The van der Waals surface area contributed by atoms with E-state index >= 15 is 0 Å². The molecule has 7 rings (SSSR count). The molecule has 1 amide bonds. The summed E-state index contributed by atoms with van der Waals surface area (Å²) in [5.74, 6) is 0.0428. The molecule has 11 nitrogen and oxygen atoms in total. The van der Waals surface area contributed by atoms with Crippen molar-refractivity contribution >= 4 is 27.7 Å². The van der Waals surface area contributed by atoms with Gasteiger partial charge in [-0.15, -0.1) is 0 Å². The molecule has 234 valence electrons. The first-order valence-corrected chi connectivity index (χ1v) is 16.1. The summed E-state index contributed by atoms with van der Waals surface area (Å²) >= 11 is 0. The third-order valence-corrected chi connectivity index (χ3v) is 9.78. The number of ether oxygens (including phenoxy) is 2. The van der Waals surface area contributed by atoms with Gasteiger partial charge in [0.05, 0.1) is 41.9 Å². The Bertz CT molecular complexity index is 1700. The molecule has 3 aliphatic heterocycles. The fourth-order valence-corrected chi connectivity index (χ4v) is 7.11. The van der Waals surface area contributed by atoms with Gasteiger partial charge in [-0.05, 0) is 56.5 Å². The van der Waals surface area contributed by atoms with Crippen molar-refractivity contribution in [3.63, 3.8) is 0 Å². The number of carbonyl (C=O) groups excluding carboxylic acids is 1. The number of hydrogen-bond donors (Lipinski definition) is 1. The number of hydrogen-bond acceptors (Lipinski definition) is 7. The van der Waals surface area contributed by atoms with Crippen molar-refractivity contribution in [1.82, 2.24) is 34.0 Å². The van der Waals surface area contributed by atoms with Crippen LogP contribution in [-0.2, 0) is 22.6 Å². The number of nitrogens with one attached hydrogen (secondary N) is 1. The molecule has 0 aliphatic carbocycles. The molecule has 0 saturated carbocycles. The van der Waals surface area contributed by atoms with Crippen LogP contribution in [0.25, 0.3) is 21.8 Å². The van der Waals surface area contributed by atoms with E-state index in [4.69, 9.17) is 9.47 Å². The van der Waals surface area contributed by atoms with Crippen LogP contribution < -0.4 is 5.56 Å². The Morgan fingerprint density at radius 3 is 2.61 bits per heavy atom. The third kappa shape index (κ3) is 5.69. The number of pyridine rings is 1. The van der Waals surface area contributed by atoms with E-state index in [1.807, 2.05) is 28.6 Å².